The number of benzene rings is 2. The number of thiocarbonyl (C=S) groups is 1. The van der Waals surface area contributed by atoms with Crippen molar-refractivity contribution in [3.8, 4) is 0 Å². The van der Waals surface area contributed by atoms with Crippen LogP contribution in [0.2, 0.25) is 0 Å². The van der Waals surface area contributed by atoms with Gasteiger partial charge in [0.25, 0.3) is 5.91 Å². The number of carbonyl (C=O) groups excluding carboxylic acids is 1. The van der Waals surface area contributed by atoms with Crippen molar-refractivity contribution in [1.82, 2.24) is 0 Å². The Hall–Kier alpha value is -1.24. The fourth-order valence-corrected chi connectivity index (χ4v) is 2.94. The minimum atomic E-state index is -0.226. The van der Waals surface area contributed by atoms with Crippen LogP contribution in [0.1, 0.15) is 15.9 Å². The summed E-state index contributed by atoms with van der Waals surface area (Å²) in [4.78, 5) is 12.5. The molecule has 0 saturated carbocycles. The van der Waals surface area contributed by atoms with Crippen LogP contribution >= 0.6 is 44.1 Å². The lowest BCUT2D eigenvalue weighted by Gasteiger charge is -2.10. The summed E-state index contributed by atoms with van der Waals surface area (Å²) in [7, 11) is 0. The third-order valence-electron chi connectivity index (χ3n) is 2.61. The predicted molar refractivity (Wildman–Crippen MR) is 92.1 cm³/mol. The Kier molecular flexibility index (Phi) is 4.91. The zero-order valence-corrected chi connectivity index (χ0v) is 14.2. The lowest BCUT2D eigenvalue weighted by atomic mass is 10.1. The molecule has 0 unspecified atom stereocenters. The highest BCUT2D eigenvalue weighted by Gasteiger charge is 2.11. The van der Waals surface area contributed by atoms with Gasteiger partial charge in [0.2, 0.25) is 0 Å². The Morgan fingerprint density at radius 2 is 1.60 bits per heavy atom. The molecule has 3 nitrogen and oxygen atoms in total. The van der Waals surface area contributed by atoms with E-state index in [1.165, 1.54) is 0 Å². The van der Waals surface area contributed by atoms with E-state index in [0.717, 1.165) is 8.95 Å². The highest BCUT2D eigenvalue weighted by molar-refractivity contribution is 9.11. The van der Waals surface area contributed by atoms with Gasteiger partial charge >= 0.3 is 0 Å². The van der Waals surface area contributed by atoms with Crippen LogP contribution in [0.15, 0.2) is 51.4 Å². The van der Waals surface area contributed by atoms with E-state index in [1.807, 2.05) is 18.2 Å². The van der Waals surface area contributed by atoms with Gasteiger partial charge in [-0.2, -0.15) is 0 Å². The fourth-order valence-electron chi connectivity index (χ4n) is 1.62. The molecular formula is C14H10Br2N2OS. The van der Waals surface area contributed by atoms with Crippen molar-refractivity contribution in [3.63, 3.8) is 0 Å². The van der Waals surface area contributed by atoms with Crippen LogP contribution < -0.4 is 11.1 Å². The number of rotatable bonds is 3. The van der Waals surface area contributed by atoms with Gasteiger partial charge in [-0.05, 0) is 56.1 Å². The molecule has 0 atom stereocenters. The fraction of sp³-hybridized carbons (Fsp3) is 0. The van der Waals surface area contributed by atoms with Crippen LogP contribution in [0, 0.1) is 0 Å². The SMILES string of the molecule is NC(=S)c1cccc(C(=O)Nc2c(Br)cccc2Br)c1. The van der Waals surface area contributed by atoms with Crippen LogP contribution in [0.25, 0.3) is 0 Å². The molecule has 0 aromatic heterocycles. The maximum Gasteiger partial charge on any atom is 0.255 e. The van der Waals surface area contributed by atoms with E-state index in [2.05, 4.69) is 37.2 Å². The summed E-state index contributed by atoms with van der Waals surface area (Å²) in [5, 5.41) is 2.84. The Balaban J connectivity index is 2.29. The maximum absolute atomic E-state index is 12.3. The Morgan fingerprint density at radius 3 is 2.20 bits per heavy atom. The minimum absolute atomic E-state index is 0.226. The quantitative estimate of drug-likeness (QED) is 0.744. The molecule has 6 heteroatoms. The Bertz CT molecular complexity index is 668. The van der Waals surface area contributed by atoms with Crippen molar-refractivity contribution >= 4 is 60.7 Å². The van der Waals surface area contributed by atoms with E-state index in [9.17, 15) is 4.79 Å². The topological polar surface area (TPSA) is 55.1 Å². The lowest BCUT2D eigenvalue weighted by molar-refractivity contribution is 0.102. The first kappa shape index (κ1) is 15.2. The first-order valence-electron chi connectivity index (χ1n) is 5.64. The summed E-state index contributed by atoms with van der Waals surface area (Å²) < 4.78 is 1.59. The third-order valence-corrected chi connectivity index (χ3v) is 4.17. The summed E-state index contributed by atoms with van der Waals surface area (Å²) in [5.74, 6) is -0.226. The van der Waals surface area contributed by atoms with Crippen molar-refractivity contribution in [2.45, 2.75) is 0 Å². The number of hydrogen-bond donors (Lipinski definition) is 2. The van der Waals surface area contributed by atoms with Crippen molar-refractivity contribution < 1.29 is 4.79 Å². The molecule has 0 spiro atoms. The zero-order valence-electron chi connectivity index (χ0n) is 10.2. The molecule has 20 heavy (non-hydrogen) atoms. The molecule has 2 rings (SSSR count). The van der Waals surface area contributed by atoms with Crippen LogP contribution in [-0.4, -0.2) is 10.9 Å². The van der Waals surface area contributed by atoms with E-state index in [0.29, 0.717) is 16.8 Å². The second-order valence-corrected chi connectivity index (χ2v) is 6.14. The van der Waals surface area contributed by atoms with E-state index in [4.69, 9.17) is 18.0 Å². The number of carbonyl (C=O) groups is 1. The summed E-state index contributed by atoms with van der Waals surface area (Å²) >= 11 is 11.7. The first-order valence-corrected chi connectivity index (χ1v) is 7.63. The molecule has 0 aliphatic rings. The highest BCUT2D eigenvalue weighted by atomic mass is 79.9. The lowest BCUT2D eigenvalue weighted by Crippen LogP contribution is -2.15. The molecule has 2 aromatic carbocycles. The smallest absolute Gasteiger partial charge is 0.255 e. The van der Waals surface area contributed by atoms with E-state index < -0.39 is 0 Å². The molecule has 0 aliphatic heterocycles. The number of amides is 1. The molecule has 2 aromatic rings. The maximum atomic E-state index is 12.3. The number of nitrogens with two attached hydrogens (primary N) is 1. The first-order chi connectivity index (χ1) is 9.49. The monoisotopic (exact) mass is 412 g/mol. The number of para-hydroxylation sites is 1. The average molecular weight is 414 g/mol. The van der Waals surface area contributed by atoms with E-state index in [-0.39, 0.29) is 10.9 Å². The standard InChI is InChI=1S/C14H10Br2N2OS/c15-10-5-2-6-11(16)12(10)18-14(19)9-4-1-3-8(7-9)13(17)20/h1-7H,(H2,17,20)(H,18,19). The van der Waals surface area contributed by atoms with Gasteiger partial charge in [0.1, 0.15) is 4.99 Å². The molecule has 0 aliphatic carbocycles. The van der Waals surface area contributed by atoms with Crippen LogP contribution in [0.5, 0.6) is 0 Å². The van der Waals surface area contributed by atoms with Gasteiger partial charge in [0, 0.05) is 20.1 Å². The molecule has 0 fully saturated rings. The summed E-state index contributed by atoms with van der Waals surface area (Å²) in [6.45, 7) is 0. The van der Waals surface area contributed by atoms with E-state index >= 15 is 0 Å². The van der Waals surface area contributed by atoms with Crippen LogP contribution in [-0.2, 0) is 0 Å². The summed E-state index contributed by atoms with van der Waals surface area (Å²) in [5.41, 5.74) is 7.41. The van der Waals surface area contributed by atoms with Crippen molar-refractivity contribution in [1.29, 1.82) is 0 Å². The van der Waals surface area contributed by atoms with E-state index in [1.54, 1.807) is 24.3 Å². The van der Waals surface area contributed by atoms with Crippen molar-refractivity contribution in [2.24, 2.45) is 5.73 Å². The Labute approximate surface area is 138 Å². The number of hydrogen-bond acceptors (Lipinski definition) is 2. The van der Waals surface area contributed by atoms with Gasteiger partial charge in [-0.25, -0.2) is 0 Å². The minimum Gasteiger partial charge on any atom is -0.389 e. The van der Waals surface area contributed by atoms with Crippen LogP contribution in [0.3, 0.4) is 0 Å². The second-order valence-electron chi connectivity index (χ2n) is 4.00. The molecular weight excluding hydrogens is 404 g/mol. The van der Waals surface area contributed by atoms with Gasteiger partial charge in [0.05, 0.1) is 5.69 Å². The Morgan fingerprint density at radius 1 is 1.05 bits per heavy atom. The van der Waals surface area contributed by atoms with Gasteiger partial charge in [-0.15, -0.1) is 0 Å². The summed E-state index contributed by atoms with van der Waals surface area (Å²) in [6, 6.07) is 12.5. The second kappa shape index (κ2) is 6.47. The molecule has 102 valence electrons. The number of nitrogens with one attached hydrogen (secondary N) is 1. The molecule has 0 heterocycles. The third kappa shape index (κ3) is 3.45. The predicted octanol–water partition coefficient (Wildman–Crippen LogP) is 4.10. The molecule has 1 amide bonds. The average Bonchev–Trinajstić information content (AvgIpc) is 2.43. The van der Waals surface area contributed by atoms with Gasteiger partial charge in [0.15, 0.2) is 0 Å². The van der Waals surface area contributed by atoms with Gasteiger partial charge in [-0.3, -0.25) is 4.79 Å². The highest BCUT2D eigenvalue weighted by Crippen LogP contribution is 2.30. The van der Waals surface area contributed by atoms with Crippen molar-refractivity contribution in [2.75, 3.05) is 5.32 Å². The summed E-state index contributed by atoms with van der Waals surface area (Å²) in [6.07, 6.45) is 0. The van der Waals surface area contributed by atoms with Crippen molar-refractivity contribution in [3.05, 3.63) is 62.5 Å². The van der Waals surface area contributed by atoms with Gasteiger partial charge in [-0.1, -0.05) is 30.4 Å². The molecule has 0 saturated heterocycles. The normalized spacial score (nSPS) is 10.1. The largest absolute Gasteiger partial charge is 0.389 e. The number of halogens is 2. The number of anilines is 1. The molecule has 0 radical (unpaired) electrons. The molecule has 0 bridgehead atoms. The van der Waals surface area contributed by atoms with Gasteiger partial charge < -0.3 is 11.1 Å². The molecule has 3 N–H and O–H groups in total. The van der Waals surface area contributed by atoms with Crippen LogP contribution in [0.4, 0.5) is 5.69 Å². The zero-order chi connectivity index (χ0) is 14.7.